The Morgan fingerprint density at radius 1 is 0.963 bits per heavy atom. The zero-order valence-electron chi connectivity index (χ0n) is 14.8. The molecule has 0 aliphatic heterocycles. The molecule has 0 atom stereocenters. The molecular weight excluding hydrogens is 354 g/mol. The Morgan fingerprint density at radius 3 is 2.30 bits per heavy atom. The Hall–Kier alpha value is -3.55. The van der Waals surface area contributed by atoms with E-state index in [9.17, 15) is 14.9 Å². The molecule has 8 nitrogen and oxygen atoms in total. The number of nitro benzene ring substituents is 1. The SMILES string of the molecule is CCOc1cc(Oc2ccc3ccc(=O)oc3c2)c([N+](=O)[O-])cc1OCC. The van der Waals surface area contributed by atoms with Crippen molar-refractivity contribution >= 4 is 16.7 Å². The van der Waals surface area contributed by atoms with Gasteiger partial charge in [0.15, 0.2) is 11.5 Å². The molecule has 3 rings (SSSR count). The quantitative estimate of drug-likeness (QED) is 0.347. The van der Waals surface area contributed by atoms with Gasteiger partial charge in [-0.25, -0.2) is 4.79 Å². The predicted octanol–water partition coefficient (Wildman–Crippen LogP) is 4.29. The third-order valence-electron chi connectivity index (χ3n) is 3.64. The second kappa shape index (κ2) is 7.77. The zero-order chi connectivity index (χ0) is 19.4. The maximum absolute atomic E-state index is 11.5. The Labute approximate surface area is 154 Å². The average Bonchev–Trinajstić information content (AvgIpc) is 2.63. The van der Waals surface area contributed by atoms with E-state index in [0.29, 0.717) is 29.9 Å². The minimum absolute atomic E-state index is 0.00969. The Kier molecular flexibility index (Phi) is 5.25. The van der Waals surface area contributed by atoms with Crippen LogP contribution in [0.15, 0.2) is 51.7 Å². The maximum Gasteiger partial charge on any atom is 0.336 e. The highest BCUT2D eigenvalue weighted by Gasteiger charge is 2.22. The van der Waals surface area contributed by atoms with Crippen LogP contribution in [-0.4, -0.2) is 18.1 Å². The van der Waals surface area contributed by atoms with Gasteiger partial charge in [-0.15, -0.1) is 0 Å². The Balaban J connectivity index is 2.05. The third kappa shape index (κ3) is 4.00. The number of hydrogen-bond donors (Lipinski definition) is 0. The molecular formula is C19H17NO7. The molecule has 1 heterocycles. The van der Waals surface area contributed by atoms with Crippen LogP contribution in [0.25, 0.3) is 11.0 Å². The van der Waals surface area contributed by atoms with Gasteiger partial charge >= 0.3 is 11.3 Å². The summed E-state index contributed by atoms with van der Waals surface area (Å²) in [6.45, 7) is 4.26. The monoisotopic (exact) mass is 371 g/mol. The molecule has 0 amide bonds. The highest BCUT2D eigenvalue weighted by molar-refractivity contribution is 5.78. The lowest BCUT2D eigenvalue weighted by atomic mass is 10.2. The van der Waals surface area contributed by atoms with Crippen molar-refractivity contribution in [2.24, 2.45) is 0 Å². The van der Waals surface area contributed by atoms with Crippen molar-refractivity contribution < 1.29 is 23.6 Å². The number of ether oxygens (including phenoxy) is 3. The van der Waals surface area contributed by atoms with Gasteiger partial charge in [-0.05, 0) is 32.0 Å². The van der Waals surface area contributed by atoms with Gasteiger partial charge in [0, 0.05) is 23.6 Å². The second-order valence-corrected chi connectivity index (χ2v) is 5.45. The van der Waals surface area contributed by atoms with Crippen molar-refractivity contribution in [2.75, 3.05) is 13.2 Å². The molecule has 0 unspecified atom stereocenters. The summed E-state index contributed by atoms with van der Waals surface area (Å²) in [5.41, 5.74) is -0.444. The van der Waals surface area contributed by atoms with Gasteiger partial charge in [0.25, 0.3) is 0 Å². The molecule has 0 saturated heterocycles. The highest BCUT2D eigenvalue weighted by atomic mass is 16.6. The Bertz CT molecular complexity index is 1040. The van der Waals surface area contributed by atoms with E-state index in [4.69, 9.17) is 18.6 Å². The topological polar surface area (TPSA) is 101 Å². The van der Waals surface area contributed by atoms with Crippen LogP contribution in [0.5, 0.6) is 23.0 Å². The van der Waals surface area contributed by atoms with Crippen molar-refractivity contribution in [3.8, 4) is 23.0 Å². The summed E-state index contributed by atoms with van der Waals surface area (Å²) in [7, 11) is 0. The van der Waals surface area contributed by atoms with Crippen molar-refractivity contribution in [2.45, 2.75) is 13.8 Å². The molecule has 3 aromatic rings. The summed E-state index contributed by atoms with van der Waals surface area (Å²) in [5.74, 6) is 0.881. The van der Waals surface area contributed by atoms with Crippen LogP contribution in [-0.2, 0) is 0 Å². The molecule has 0 aliphatic rings. The molecule has 0 fully saturated rings. The molecule has 8 heteroatoms. The van der Waals surface area contributed by atoms with Gasteiger partial charge in [0.05, 0.1) is 24.2 Å². The highest BCUT2D eigenvalue weighted by Crippen LogP contribution is 2.41. The minimum atomic E-state index is -0.561. The summed E-state index contributed by atoms with van der Waals surface area (Å²) in [4.78, 5) is 22.3. The maximum atomic E-state index is 11.5. The van der Waals surface area contributed by atoms with E-state index in [1.807, 2.05) is 0 Å². The van der Waals surface area contributed by atoms with E-state index < -0.39 is 10.5 Å². The summed E-state index contributed by atoms with van der Waals surface area (Å²) >= 11 is 0. The number of nitrogens with zero attached hydrogens (tertiary/aromatic N) is 1. The molecule has 0 aliphatic carbocycles. The first-order valence-corrected chi connectivity index (χ1v) is 8.31. The first-order valence-electron chi connectivity index (χ1n) is 8.31. The first kappa shape index (κ1) is 18.2. The molecule has 0 bridgehead atoms. The Morgan fingerprint density at radius 2 is 1.63 bits per heavy atom. The summed E-state index contributed by atoms with van der Waals surface area (Å²) in [5, 5.41) is 12.2. The van der Waals surface area contributed by atoms with Crippen LogP contribution in [0.2, 0.25) is 0 Å². The standard InChI is InChI=1S/C19H17NO7/c1-3-24-17-10-14(20(22)23)16(11-18(17)25-4-2)26-13-7-5-12-6-8-19(21)27-15(12)9-13/h5-11H,3-4H2,1-2H3. The van der Waals surface area contributed by atoms with Gasteiger partial charge in [-0.2, -0.15) is 0 Å². The first-order chi connectivity index (χ1) is 13.0. The fourth-order valence-electron chi connectivity index (χ4n) is 2.52. The van der Waals surface area contributed by atoms with E-state index in [-0.39, 0.29) is 22.9 Å². The molecule has 1 aromatic heterocycles. The van der Waals surface area contributed by atoms with Gasteiger partial charge < -0.3 is 18.6 Å². The summed E-state index contributed by atoms with van der Waals surface area (Å²) < 4.78 is 21.7. The molecule has 0 saturated carbocycles. The van der Waals surface area contributed by atoms with Crippen LogP contribution >= 0.6 is 0 Å². The minimum Gasteiger partial charge on any atom is -0.490 e. The fraction of sp³-hybridized carbons (Fsp3) is 0.211. The molecule has 0 radical (unpaired) electrons. The van der Waals surface area contributed by atoms with Gasteiger partial charge in [0.1, 0.15) is 11.3 Å². The fourth-order valence-corrected chi connectivity index (χ4v) is 2.52. The molecule has 2 aromatic carbocycles. The van der Waals surface area contributed by atoms with Crippen molar-refractivity contribution in [1.29, 1.82) is 0 Å². The zero-order valence-corrected chi connectivity index (χ0v) is 14.8. The normalized spacial score (nSPS) is 10.6. The van der Waals surface area contributed by atoms with Gasteiger partial charge in [0.2, 0.25) is 5.75 Å². The lowest BCUT2D eigenvalue weighted by Crippen LogP contribution is -2.01. The van der Waals surface area contributed by atoms with Crippen LogP contribution in [0.4, 0.5) is 5.69 Å². The van der Waals surface area contributed by atoms with E-state index >= 15 is 0 Å². The molecule has 0 spiro atoms. The third-order valence-corrected chi connectivity index (χ3v) is 3.64. The molecule has 140 valence electrons. The van der Waals surface area contributed by atoms with Gasteiger partial charge in [-0.1, -0.05) is 0 Å². The smallest absolute Gasteiger partial charge is 0.336 e. The van der Waals surface area contributed by atoms with E-state index in [1.165, 1.54) is 24.3 Å². The van der Waals surface area contributed by atoms with Crippen LogP contribution in [0.3, 0.4) is 0 Å². The summed E-state index contributed by atoms with van der Waals surface area (Å²) in [6, 6.07) is 10.4. The second-order valence-electron chi connectivity index (χ2n) is 5.45. The van der Waals surface area contributed by atoms with E-state index in [0.717, 1.165) is 0 Å². The van der Waals surface area contributed by atoms with Crippen LogP contribution < -0.4 is 19.8 Å². The van der Waals surface area contributed by atoms with Gasteiger partial charge in [-0.3, -0.25) is 10.1 Å². The summed E-state index contributed by atoms with van der Waals surface area (Å²) in [6.07, 6.45) is 0. The van der Waals surface area contributed by atoms with Crippen molar-refractivity contribution in [3.05, 3.63) is 63.0 Å². The number of fused-ring (bicyclic) bond motifs is 1. The predicted molar refractivity (Wildman–Crippen MR) is 98.0 cm³/mol. The lowest BCUT2D eigenvalue weighted by molar-refractivity contribution is -0.385. The number of rotatable bonds is 7. The average molecular weight is 371 g/mol. The number of nitro groups is 1. The molecule has 0 N–H and O–H groups in total. The van der Waals surface area contributed by atoms with E-state index in [2.05, 4.69) is 0 Å². The van der Waals surface area contributed by atoms with Crippen LogP contribution in [0, 0.1) is 10.1 Å². The van der Waals surface area contributed by atoms with Crippen LogP contribution in [0.1, 0.15) is 13.8 Å². The van der Waals surface area contributed by atoms with E-state index in [1.54, 1.807) is 32.0 Å². The number of benzene rings is 2. The lowest BCUT2D eigenvalue weighted by Gasteiger charge is -2.13. The molecule has 27 heavy (non-hydrogen) atoms. The number of hydrogen-bond acceptors (Lipinski definition) is 7. The van der Waals surface area contributed by atoms with Crippen molar-refractivity contribution in [3.63, 3.8) is 0 Å². The van der Waals surface area contributed by atoms with Crippen molar-refractivity contribution in [1.82, 2.24) is 0 Å². The largest absolute Gasteiger partial charge is 0.490 e.